The molecule has 1 aliphatic rings. The molecule has 2 atom stereocenters. The van der Waals surface area contributed by atoms with Gasteiger partial charge >= 0.3 is 0 Å². The van der Waals surface area contributed by atoms with E-state index in [0.717, 1.165) is 5.75 Å². The van der Waals surface area contributed by atoms with Crippen molar-refractivity contribution in [2.75, 3.05) is 0 Å². The van der Waals surface area contributed by atoms with Crippen molar-refractivity contribution >= 4 is 0 Å². The molecule has 0 aromatic heterocycles. The molecule has 2 rings (SSSR count). The second-order valence-corrected chi connectivity index (χ2v) is 6.70. The van der Waals surface area contributed by atoms with Crippen LogP contribution in [-0.4, -0.2) is 17.7 Å². The Morgan fingerprint density at radius 2 is 2.05 bits per heavy atom. The van der Waals surface area contributed by atoms with Gasteiger partial charge < -0.3 is 4.74 Å². The highest BCUT2D eigenvalue weighted by atomic mass is 16.5. The number of nitrogens with one attached hydrogen (secondary N) is 1. The minimum absolute atomic E-state index is 0.000741. The average molecular weight is 286 g/mol. The normalized spacial score (nSPS) is 18.7. The molecule has 3 heteroatoms. The number of ether oxygens (including phenoxy) is 1. The van der Waals surface area contributed by atoms with Crippen molar-refractivity contribution in [3.8, 4) is 11.8 Å². The Morgan fingerprint density at radius 1 is 1.38 bits per heavy atom. The van der Waals surface area contributed by atoms with Crippen molar-refractivity contribution in [3.63, 3.8) is 0 Å². The van der Waals surface area contributed by atoms with E-state index >= 15 is 0 Å². The highest BCUT2D eigenvalue weighted by Gasteiger charge is 2.34. The lowest BCUT2D eigenvalue weighted by atomic mass is 9.96. The van der Waals surface area contributed by atoms with Crippen LogP contribution in [0.1, 0.15) is 49.8 Å². The molecule has 1 fully saturated rings. The first-order valence-corrected chi connectivity index (χ1v) is 7.76. The standard InChI is InChI=1S/C18H26N2O/c1-12-8-13(2)15(4)17(9-12)21-14(3)10-18(5,11-19)20-16-6-7-16/h8-9,14,16,20H,6-7,10H2,1-5H3. The Balaban J connectivity index is 2.04. The Hall–Kier alpha value is -1.53. The quantitative estimate of drug-likeness (QED) is 0.865. The van der Waals surface area contributed by atoms with Crippen LogP contribution in [0.3, 0.4) is 0 Å². The molecule has 0 amide bonds. The van der Waals surface area contributed by atoms with Gasteiger partial charge in [-0.05, 0) is 70.2 Å². The van der Waals surface area contributed by atoms with Crippen molar-refractivity contribution in [1.82, 2.24) is 5.32 Å². The van der Waals surface area contributed by atoms with Crippen molar-refractivity contribution < 1.29 is 4.74 Å². The minimum Gasteiger partial charge on any atom is -0.490 e. The van der Waals surface area contributed by atoms with Crippen LogP contribution in [0.25, 0.3) is 0 Å². The van der Waals surface area contributed by atoms with Gasteiger partial charge in [-0.1, -0.05) is 6.07 Å². The fourth-order valence-electron chi connectivity index (χ4n) is 2.77. The third-order valence-corrected chi connectivity index (χ3v) is 4.13. The summed E-state index contributed by atoms with van der Waals surface area (Å²) in [6.45, 7) is 10.3. The molecule has 1 aliphatic carbocycles. The molecule has 2 unspecified atom stereocenters. The Kier molecular flexibility index (Phi) is 4.58. The molecular formula is C18H26N2O. The molecule has 21 heavy (non-hydrogen) atoms. The second kappa shape index (κ2) is 6.07. The predicted molar refractivity (Wildman–Crippen MR) is 85.5 cm³/mol. The van der Waals surface area contributed by atoms with Gasteiger partial charge in [0.1, 0.15) is 11.3 Å². The third-order valence-electron chi connectivity index (χ3n) is 4.13. The van der Waals surface area contributed by atoms with Crippen LogP contribution < -0.4 is 10.1 Å². The van der Waals surface area contributed by atoms with Gasteiger partial charge in [0, 0.05) is 12.5 Å². The topological polar surface area (TPSA) is 45.0 Å². The zero-order chi connectivity index (χ0) is 15.6. The monoisotopic (exact) mass is 286 g/mol. The predicted octanol–water partition coefficient (Wildman–Crippen LogP) is 3.80. The van der Waals surface area contributed by atoms with Gasteiger partial charge in [-0.2, -0.15) is 5.26 Å². The summed E-state index contributed by atoms with van der Waals surface area (Å²) in [5.74, 6) is 0.937. The molecule has 1 aromatic carbocycles. The minimum atomic E-state index is -0.507. The lowest BCUT2D eigenvalue weighted by Crippen LogP contribution is -2.45. The van der Waals surface area contributed by atoms with Gasteiger partial charge in [-0.15, -0.1) is 0 Å². The lowest BCUT2D eigenvalue weighted by molar-refractivity contribution is 0.178. The number of nitrogens with zero attached hydrogens (tertiary/aromatic N) is 1. The van der Waals surface area contributed by atoms with Gasteiger partial charge in [-0.25, -0.2) is 0 Å². The zero-order valence-corrected chi connectivity index (χ0v) is 13.8. The molecule has 1 N–H and O–H groups in total. The van der Waals surface area contributed by atoms with Crippen LogP contribution in [0, 0.1) is 32.1 Å². The summed E-state index contributed by atoms with van der Waals surface area (Å²) < 4.78 is 6.12. The number of aryl methyl sites for hydroxylation is 2. The van der Waals surface area contributed by atoms with Crippen LogP contribution in [0.15, 0.2) is 12.1 Å². The lowest BCUT2D eigenvalue weighted by Gasteiger charge is -2.27. The summed E-state index contributed by atoms with van der Waals surface area (Å²) in [6, 6.07) is 7.18. The first-order chi connectivity index (χ1) is 9.83. The summed E-state index contributed by atoms with van der Waals surface area (Å²) in [4.78, 5) is 0. The Morgan fingerprint density at radius 3 is 2.62 bits per heavy atom. The van der Waals surface area contributed by atoms with E-state index in [0.29, 0.717) is 12.5 Å². The van der Waals surface area contributed by atoms with E-state index in [1.165, 1.54) is 29.5 Å². The number of rotatable bonds is 6. The van der Waals surface area contributed by atoms with Crippen LogP contribution in [0.2, 0.25) is 0 Å². The van der Waals surface area contributed by atoms with Crippen molar-refractivity contribution in [2.45, 2.75) is 71.6 Å². The maximum Gasteiger partial charge on any atom is 0.123 e. The van der Waals surface area contributed by atoms with E-state index in [9.17, 15) is 5.26 Å². The number of benzene rings is 1. The first kappa shape index (κ1) is 15.9. The summed E-state index contributed by atoms with van der Waals surface area (Å²) >= 11 is 0. The van der Waals surface area contributed by atoms with Gasteiger partial charge in [0.2, 0.25) is 0 Å². The van der Waals surface area contributed by atoms with Gasteiger partial charge in [0.25, 0.3) is 0 Å². The third kappa shape index (κ3) is 4.22. The molecule has 114 valence electrons. The van der Waals surface area contributed by atoms with Crippen LogP contribution in [0.4, 0.5) is 0 Å². The van der Waals surface area contributed by atoms with E-state index in [1.807, 2.05) is 13.8 Å². The summed E-state index contributed by atoms with van der Waals surface area (Å²) in [5.41, 5.74) is 3.13. The zero-order valence-electron chi connectivity index (χ0n) is 13.8. The molecule has 3 nitrogen and oxygen atoms in total. The van der Waals surface area contributed by atoms with Gasteiger partial charge in [-0.3, -0.25) is 5.32 Å². The summed E-state index contributed by atoms with van der Waals surface area (Å²) in [5, 5.41) is 12.9. The van der Waals surface area contributed by atoms with E-state index in [2.05, 4.69) is 44.3 Å². The summed E-state index contributed by atoms with van der Waals surface area (Å²) in [7, 11) is 0. The highest BCUT2D eigenvalue weighted by Crippen LogP contribution is 2.28. The first-order valence-electron chi connectivity index (χ1n) is 7.76. The van der Waals surface area contributed by atoms with E-state index in [-0.39, 0.29) is 6.10 Å². The maximum atomic E-state index is 9.45. The Labute approximate surface area is 128 Å². The fourth-order valence-corrected chi connectivity index (χ4v) is 2.77. The maximum absolute atomic E-state index is 9.45. The Bertz CT molecular complexity index is 557. The van der Waals surface area contributed by atoms with E-state index < -0.39 is 5.54 Å². The van der Waals surface area contributed by atoms with Crippen LogP contribution in [-0.2, 0) is 0 Å². The molecule has 0 heterocycles. The largest absolute Gasteiger partial charge is 0.490 e. The molecule has 0 spiro atoms. The molecule has 1 saturated carbocycles. The summed E-state index contributed by atoms with van der Waals surface area (Å²) in [6.07, 6.45) is 3.05. The fraction of sp³-hybridized carbons (Fsp3) is 0.611. The molecule has 0 saturated heterocycles. The number of hydrogen-bond donors (Lipinski definition) is 1. The molecular weight excluding hydrogens is 260 g/mol. The van der Waals surface area contributed by atoms with Gasteiger partial charge in [0.05, 0.1) is 12.2 Å². The highest BCUT2D eigenvalue weighted by molar-refractivity contribution is 5.42. The van der Waals surface area contributed by atoms with Crippen molar-refractivity contribution in [3.05, 3.63) is 28.8 Å². The average Bonchev–Trinajstić information content (AvgIpc) is 3.18. The smallest absolute Gasteiger partial charge is 0.123 e. The number of nitriles is 1. The van der Waals surface area contributed by atoms with Crippen molar-refractivity contribution in [1.29, 1.82) is 5.26 Å². The van der Waals surface area contributed by atoms with Crippen LogP contribution >= 0.6 is 0 Å². The van der Waals surface area contributed by atoms with Crippen molar-refractivity contribution in [2.24, 2.45) is 0 Å². The van der Waals surface area contributed by atoms with Crippen LogP contribution in [0.5, 0.6) is 5.75 Å². The van der Waals surface area contributed by atoms with Gasteiger partial charge in [0.15, 0.2) is 0 Å². The molecule has 0 aliphatic heterocycles. The SMILES string of the molecule is Cc1cc(C)c(C)c(OC(C)CC(C)(C#N)NC2CC2)c1. The van der Waals surface area contributed by atoms with E-state index in [1.54, 1.807) is 0 Å². The molecule has 1 aromatic rings. The second-order valence-electron chi connectivity index (χ2n) is 6.70. The van der Waals surface area contributed by atoms with E-state index in [4.69, 9.17) is 4.74 Å². The molecule has 0 bridgehead atoms. The number of hydrogen-bond acceptors (Lipinski definition) is 3. The molecule has 0 radical (unpaired) electrons.